The zero-order chi connectivity index (χ0) is 5.70. The van der Waals surface area contributed by atoms with E-state index < -0.39 is 21.1 Å². The van der Waals surface area contributed by atoms with Crippen LogP contribution in [0.15, 0.2) is 0 Å². The van der Waals surface area contributed by atoms with Crippen molar-refractivity contribution in [2.24, 2.45) is 0 Å². The van der Waals surface area contributed by atoms with Gasteiger partial charge in [-0.3, -0.25) is 0 Å². The van der Waals surface area contributed by atoms with Crippen molar-refractivity contribution in [2.45, 2.75) is 13.8 Å². The summed E-state index contributed by atoms with van der Waals surface area (Å²) in [4.78, 5) is 10.0. The van der Waals surface area contributed by atoms with Crippen molar-refractivity contribution in [3.63, 3.8) is 0 Å². The molecule has 0 spiro atoms. The summed E-state index contributed by atoms with van der Waals surface area (Å²) in [6.45, 7) is 3.36. The molecular formula is C4H8O2Sn. The van der Waals surface area contributed by atoms with Crippen LogP contribution in [0.25, 0.3) is 0 Å². The molecule has 0 unspecified atom stereocenters. The second-order valence-electron chi connectivity index (χ2n) is 1.08. The maximum absolute atomic E-state index is 10.0. The Morgan fingerprint density at radius 2 is 2.43 bits per heavy atom. The number of rotatable bonds is 1. The average molecular weight is 207 g/mol. The first-order chi connectivity index (χ1) is 3.27. The van der Waals surface area contributed by atoms with Crippen LogP contribution < -0.4 is 0 Å². The standard InChI is InChI=1S/C2H4O2.C2H4.Sn.H/c1-2(3)4;1-2;;/h1H3,(H,3,4);1H,2H3;;/q;;+1;/p-1. The van der Waals surface area contributed by atoms with E-state index in [1.165, 1.54) is 6.92 Å². The summed E-state index contributed by atoms with van der Waals surface area (Å²) in [6.07, 6.45) is 0. The van der Waals surface area contributed by atoms with Gasteiger partial charge in [-0.2, -0.15) is 0 Å². The van der Waals surface area contributed by atoms with Gasteiger partial charge < -0.3 is 0 Å². The average Bonchev–Trinajstić information content (AvgIpc) is 1.61. The summed E-state index contributed by atoms with van der Waals surface area (Å²) in [5.41, 5.74) is 0. The van der Waals surface area contributed by atoms with Crippen LogP contribution in [0.1, 0.15) is 13.8 Å². The first-order valence-electron chi connectivity index (χ1n) is 2.05. The van der Waals surface area contributed by atoms with E-state index in [0.29, 0.717) is 0 Å². The summed E-state index contributed by atoms with van der Waals surface area (Å²) in [7, 11) is 0. The third kappa shape index (κ3) is 6.14. The Labute approximate surface area is 53.1 Å². The quantitative estimate of drug-likeness (QED) is 0.552. The molecule has 0 aliphatic rings. The first-order valence-corrected chi connectivity index (χ1v) is 5.30. The van der Waals surface area contributed by atoms with Crippen LogP contribution in [-0.4, -0.2) is 31.1 Å². The normalized spacial score (nSPS) is 9.43. The molecule has 40 valence electrons. The Morgan fingerprint density at radius 3 is 2.57 bits per heavy atom. The number of carbonyl (C=O) groups is 1. The van der Waals surface area contributed by atoms with Gasteiger partial charge in [0.2, 0.25) is 0 Å². The molecular weight excluding hydrogens is 199 g/mol. The zero-order valence-electron chi connectivity index (χ0n) is 4.47. The van der Waals surface area contributed by atoms with Crippen LogP contribution in [-0.2, 0) is 7.87 Å². The van der Waals surface area contributed by atoms with E-state index in [9.17, 15) is 4.79 Å². The molecule has 0 rings (SSSR count). The van der Waals surface area contributed by atoms with E-state index in [1.807, 2.05) is 10.9 Å². The summed E-state index contributed by atoms with van der Waals surface area (Å²) in [6, 6.07) is 0. The van der Waals surface area contributed by atoms with Gasteiger partial charge in [0.15, 0.2) is 0 Å². The van der Waals surface area contributed by atoms with Crippen LogP contribution in [0.5, 0.6) is 0 Å². The molecule has 0 aromatic rings. The predicted molar refractivity (Wildman–Crippen MR) is 30.7 cm³/mol. The Balaban J connectivity index is 3.14. The minimum absolute atomic E-state index is 0.140. The molecule has 0 aliphatic carbocycles. The van der Waals surface area contributed by atoms with Crippen LogP contribution in [0.4, 0.5) is 0 Å². The van der Waals surface area contributed by atoms with Crippen molar-refractivity contribution in [1.82, 2.24) is 0 Å². The van der Waals surface area contributed by atoms with E-state index >= 15 is 0 Å². The maximum atomic E-state index is 10.0. The van der Waals surface area contributed by atoms with Crippen molar-refractivity contribution in [3.8, 4) is 0 Å². The molecule has 0 radical (unpaired) electrons. The van der Waals surface area contributed by atoms with Gasteiger partial charge in [0.25, 0.3) is 0 Å². The van der Waals surface area contributed by atoms with Gasteiger partial charge in [-0.1, -0.05) is 0 Å². The van der Waals surface area contributed by atoms with Gasteiger partial charge in [-0.15, -0.1) is 0 Å². The molecule has 0 aromatic carbocycles. The third-order valence-electron chi connectivity index (χ3n) is 0.370. The molecule has 0 fully saturated rings. The van der Waals surface area contributed by atoms with Crippen molar-refractivity contribution in [2.75, 3.05) is 0 Å². The zero-order valence-corrected chi connectivity index (χ0v) is 7.77. The molecule has 0 atom stereocenters. The Kier molecular flexibility index (Phi) is 4.39. The van der Waals surface area contributed by atoms with Crippen molar-refractivity contribution >= 4 is 31.1 Å². The van der Waals surface area contributed by atoms with Gasteiger partial charge in [0.1, 0.15) is 0 Å². The van der Waals surface area contributed by atoms with Gasteiger partial charge in [-0.25, -0.2) is 0 Å². The van der Waals surface area contributed by atoms with Crippen LogP contribution in [0.3, 0.4) is 0 Å². The molecule has 3 heteroatoms. The minimum atomic E-state index is -0.978. The number of hydrogen-bond acceptors (Lipinski definition) is 2. The Bertz CT molecular complexity index is 87.7. The second kappa shape index (κ2) is 4.30. The Hall–Kier alpha value is 0.139. The fraction of sp³-hybridized carbons (Fsp3) is 0.500. The molecule has 7 heavy (non-hydrogen) atoms. The van der Waals surface area contributed by atoms with Crippen LogP contribution >= 0.6 is 0 Å². The van der Waals surface area contributed by atoms with Crippen molar-refractivity contribution < 1.29 is 7.87 Å². The summed E-state index contributed by atoms with van der Waals surface area (Å²) in [5.74, 6) is -0.140. The Morgan fingerprint density at radius 1 is 1.86 bits per heavy atom. The van der Waals surface area contributed by atoms with E-state index in [0.717, 1.165) is 0 Å². The van der Waals surface area contributed by atoms with Crippen LogP contribution in [0, 0.1) is 0 Å². The summed E-state index contributed by atoms with van der Waals surface area (Å²) in [5, 5.41) is 0. The van der Waals surface area contributed by atoms with Crippen molar-refractivity contribution in [1.29, 1.82) is 0 Å². The summed E-state index contributed by atoms with van der Waals surface area (Å²) < 4.78 is 6.66. The van der Waals surface area contributed by atoms with E-state index in [2.05, 4.69) is 3.07 Å². The van der Waals surface area contributed by atoms with Gasteiger partial charge >= 0.3 is 52.8 Å². The second-order valence-corrected chi connectivity index (χ2v) is 4.43. The van der Waals surface area contributed by atoms with E-state index in [4.69, 9.17) is 0 Å². The number of hydrogen-bond donors (Lipinski definition) is 0. The molecule has 0 N–H and O–H groups in total. The van der Waals surface area contributed by atoms with Gasteiger partial charge in [0, 0.05) is 0 Å². The van der Waals surface area contributed by atoms with Gasteiger partial charge in [-0.05, 0) is 0 Å². The molecule has 0 bridgehead atoms. The van der Waals surface area contributed by atoms with Crippen LogP contribution in [0.2, 0.25) is 0 Å². The molecule has 0 amide bonds. The molecule has 2 nitrogen and oxygen atoms in total. The third-order valence-corrected chi connectivity index (χ3v) is 2.48. The fourth-order valence-electron chi connectivity index (χ4n) is 0.164. The molecule has 0 aliphatic heterocycles. The van der Waals surface area contributed by atoms with E-state index in [-0.39, 0.29) is 5.97 Å². The predicted octanol–water partition coefficient (Wildman–Crippen LogP) is -0.277. The molecule has 0 saturated carbocycles. The number of carbonyl (C=O) groups excluding carboxylic acids is 1. The monoisotopic (exact) mass is 208 g/mol. The fourth-order valence-corrected chi connectivity index (χ4v) is 1.10. The first kappa shape index (κ1) is 7.14. The van der Waals surface area contributed by atoms with E-state index in [1.54, 1.807) is 0 Å². The topological polar surface area (TPSA) is 26.3 Å². The summed E-state index contributed by atoms with van der Waals surface area (Å²) >= 11 is -0.978. The SMILES string of the molecule is C[CH]=[SnH][O]C(C)=O. The van der Waals surface area contributed by atoms with Gasteiger partial charge in [0.05, 0.1) is 0 Å². The van der Waals surface area contributed by atoms with Crippen molar-refractivity contribution in [3.05, 3.63) is 0 Å². The molecule has 0 aromatic heterocycles. The molecule has 0 heterocycles. The molecule has 0 saturated heterocycles.